The average Bonchev–Trinajstić information content (AvgIpc) is 2.58. The van der Waals surface area contributed by atoms with E-state index in [2.05, 4.69) is 16.3 Å². The number of benzene rings is 1. The van der Waals surface area contributed by atoms with Crippen LogP contribution in [0.4, 0.5) is 17.1 Å². The normalized spacial score (nSPS) is 14.5. The summed E-state index contributed by atoms with van der Waals surface area (Å²) in [5.74, 6) is 0. The zero-order chi connectivity index (χ0) is 17.5. The van der Waals surface area contributed by atoms with E-state index in [1.165, 1.54) is 6.07 Å². The van der Waals surface area contributed by atoms with Gasteiger partial charge in [-0.05, 0) is 33.1 Å². The molecule has 0 atom stereocenters. The molecule has 1 aromatic rings. The molecule has 8 heteroatoms. The lowest BCUT2D eigenvalue weighted by molar-refractivity contribution is -0.384. The lowest BCUT2D eigenvalue weighted by Gasteiger charge is -2.29. The second kappa shape index (κ2) is 8.47. The Balaban J connectivity index is 2.29. The smallest absolute Gasteiger partial charge is 0.294 e. The molecule has 1 N–H and O–H groups in total. The number of hydrogen-bond donors (Lipinski definition) is 1. The molecule has 0 bridgehead atoms. The molecule has 1 fully saturated rings. The predicted octanol–water partition coefficient (Wildman–Crippen LogP) is 1.67. The fourth-order valence-corrected chi connectivity index (χ4v) is 2.71. The van der Waals surface area contributed by atoms with Crippen molar-refractivity contribution in [2.24, 2.45) is 0 Å². The first kappa shape index (κ1) is 18.0. The molecule has 1 aromatic carbocycles. The number of ether oxygens (including phenoxy) is 1. The average molecular weight is 333 g/mol. The first-order chi connectivity index (χ1) is 11.5. The highest BCUT2D eigenvalue weighted by Crippen LogP contribution is 2.36. The summed E-state index contributed by atoms with van der Waals surface area (Å²) >= 11 is 0. The van der Waals surface area contributed by atoms with Gasteiger partial charge in [0, 0.05) is 25.7 Å². The van der Waals surface area contributed by atoms with Gasteiger partial charge in [0.1, 0.15) is 17.3 Å². The van der Waals surface area contributed by atoms with Crippen molar-refractivity contribution in [1.82, 2.24) is 4.90 Å². The van der Waals surface area contributed by atoms with Crippen LogP contribution in [0, 0.1) is 21.4 Å². The molecule has 24 heavy (non-hydrogen) atoms. The van der Waals surface area contributed by atoms with Gasteiger partial charge in [-0.1, -0.05) is 0 Å². The lowest BCUT2D eigenvalue weighted by atomic mass is 10.1. The van der Waals surface area contributed by atoms with Crippen LogP contribution in [-0.4, -0.2) is 63.3 Å². The van der Waals surface area contributed by atoms with E-state index >= 15 is 0 Å². The second-order valence-electron chi connectivity index (χ2n) is 5.91. The molecule has 0 saturated carbocycles. The minimum atomic E-state index is -0.429. The molecule has 0 radical (unpaired) electrons. The molecule has 8 nitrogen and oxygen atoms in total. The van der Waals surface area contributed by atoms with Crippen molar-refractivity contribution < 1.29 is 9.66 Å². The Hall–Kier alpha value is -2.37. The van der Waals surface area contributed by atoms with Gasteiger partial charge in [0.15, 0.2) is 0 Å². The molecule has 1 aliphatic heterocycles. The Morgan fingerprint density at radius 1 is 1.42 bits per heavy atom. The highest BCUT2D eigenvalue weighted by atomic mass is 16.6. The van der Waals surface area contributed by atoms with Crippen molar-refractivity contribution in [3.63, 3.8) is 0 Å². The summed E-state index contributed by atoms with van der Waals surface area (Å²) < 4.78 is 5.31. The molecule has 1 saturated heterocycles. The Kier molecular flexibility index (Phi) is 6.35. The summed E-state index contributed by atoms with van der Waals surface area (Å²) in [5.41, 5.74) is 1.33. The van der Waals surface area contributed by atoms with Gasteiger partial charge in [-0.3, -0.25) is 10.1 Å². The number of nitrogens with zero attached hydrogens (tertiary/aromatic N) is 4. The van der Waals surface area contributed by atoms with Gasteiger partial charge in [-0.25, -0.2) is 0 Å². The monoisotopic (exact) mass is 333 g/mol. The fraction of sp³-hybridized carbons (Fsp3) is 0.562. The third-order valence-corrected chi connectivity index (χ3v) is 3.89. The van der Waals surface area contributed by atoms with Crippen molar-refractivity contribution in [2.45, 2.75) is 6.42 Å². The van der Waals surface area contributed by atoms with E-state index in [0.29, 0.717) is 49.8 Å². The van der Waals surface area contributed by atoms with Crippen LogP contribution in [0.3, 0.4) is 0 Å². The lowest BCUT2D eigenvalue weighted by Crippen LogP contribution is -2.37. The third-order valence-electron chi connectivity index (χ3n) is 3.89. The summed E-state index contributed by atoms with van der Waals surface area (Å²) in [7, 11) is 4.01. The van der Waals surface area contributed by atoms with Crippen molar-refractivity contribution in [3.8, 4) is 6.07 Å². The maximum absolute atomic E-state index is 11.4. The predicted molar refractivity (Wildman–Crippen MR) is 92.5 cm³/mol. The van der Waals surface area contributed by atoms with Crippen LogP contribution < -0.4 is 10.2 Å². The maximum Gasteiger partial charge on any atom is 0.294 e. The molecule has 0 aliphatic carbocycles. The zero-order valence-corrected chi connectivity index (χ0v) is 14.1. The molecule has 130 valence electrons. The Morgan fingerprint density at radius 2 is 2.12 bits per heavy atom. The Bertz CT molecular complexity index is 621. The van der Waals surface area contributed by atoms with Crippen molar-refractivity contribution in [2.75, 3.05) is 63.7 Å². The molecule has 0 aromatic heterocycles. The van der Waals surface area contributed by atoms with Gasteiger partial charge in [0.2, 0.25) is 0 Å². The summed E-state index contributed by atoms with van der Waals surface area (Å²) in [5, 5.41) is 24.2. The quantitative estimate of drug-likeness (QED) is 0.461. The van der Waals surface area contributed by atoms with Crippen LogP contribution in [0.5, 0.6) is 0 Å². The minimum Gasteiger partial charge on any atom is -0.384 e. The SMILES string of the molecule is CN(C)CCCNc1ccc([N+](=O)[O-])c(N2CCOCC2)c1C#N. The van der Waals surface area contributed by atoms with E-state index in [1.54, 1.807) is 6.07 Å². The molecule has 0 amide bonds. The van der Waals surface area contributed by atoms with Crippen LogP contribution in [-0.2, 0) is 4.74 Å². The van der Waals surface area contributed by atoms with Crippen LogP contribution in [0.1, 0.15) is 12.0 Å². The second-order valence-corrected chi connectivity index (χ2v) is 5.91. The topological polar surface area (TPSA) is 94.7 Å². The summed E-state index contributed by atoms with van der Waals surface area (Å²) in [6.07, 6.45) is 0.918. The maximum atomic E-state index is 11.4. The third kappa shape index (κ3) is 4.34. The van der Waals surface area contributed by atoms with Gasteiger partial charge in [0.25, 0.3) is 5.69 Å². The highest BCUT2D eigenvalue weighted by Gasteiger charge is 2.27. The summed E-state index contributed by atoms with van der Waals surface area (Å²) in [6.45, 7) is 3.72. The van der Waals surface area contributed by atoms with Gasteiger partial charge >= 0.3 is 0 Å². The summed E-state index contributed by atoms with van der Waals surface area (Å²) in [4.78, 5) is 14.9. The number of morpholine rings is 1. The number of nitrogens with one attached hydrogen (secondary N) is 1. The minimum absolute atomic E-state index is 0.0349. The first-order valence-corrected chi connectivity index (χ1v) is 7.97. The molecular weight excluding hydrogens is 310 g/mol. The van der Waals surface area contributed by atoms with Crippen LogP contribution in [0.2, 0.25) is 0 Å². The number of nitro groups is 1. The number of hydrogen-bond acceptors (Lipinski definition) is 7. The molecular formula is C16H23N5O3. The molecule has 1 aliphatic rings. The van der Waals surface area contributed by atoms with Gasteiger partial charge in [-0.15, -0.1) is 0 Å². The molecule has 0 spiro atoms. The Morgan fingerprint density at radius 3 is 2.71 bits per heavy atom. The van der Waals surface area contributed by atoms with Crippen molar-refractivity contribution in [1.29, 1.82) is 5.26 Å². The highest BCUT2D eigenvalue weighted by molar-refractivity contribution is 5.80. The van der Waals surface area contributed by atoms with Gasteiger partial charge < -0.3 is 19.9 Å². The van der Waals surface area contributed by atoms with Crippen molar-refractivity contribution in [3.05, 3.63) is 27.8 Å². The van der Waals surface area contributed by atoms with E-state index in [1.807, 2.05) is 19.0 Å². The summed E-state index contributed by atoms with van der Waals surface area (Å²) in [6, 6.07) is 5.24. The van der Waals surface area contributed by atoms with Crippen molar-refractivity contribution >= 4 is 17.1 Å². The zero-order valence-electron chi connectivity index (χ0n) is 14.1. The number of anilines is 2. The molecule has 0 unspecified atom stereocenters. The Labute approximate surface area is 141 Å². The fourth-order valence-electron chi connectivity index (χ4n) is 2.71. The van der Waals surface area contributed by atoms with Crippen LogP contribution >= 0.6 is 0 Å². The van der Waals surface area contributed by atoms with E-state index < -0.39 is 4.92 Å². The number of nitro benzene ring substituents is 1. The molecule has 1 heterocycles. The van der Waals surface area contributed by atoms with Crippen LogP contribution in [0.15, 0.2) is 12.1 Å². The molecule has 2 rings (SSSR count). The van der Waals surface area contributed by atoms with E-state index in [9.17, 15) is 15.4 Å². The largest absolute Gasteiger partial charge is 0.384 e. The van der Waals surface area contributed by atoms with Crippen LogP contribution in [0.25, 0.3) is 0 Å². The van der Waals surface area contributed by atoms with Gasteiger partial charge in [0.05, 0.1) is 23.8 Å². The first-order valence-electron chi connectivity index (χ1n) is 7.97. The van der Waals surface area contributed by atoms with E-state index in [-0.39, 0.29) is 5.69 Å². The number of rotatable bonds is 7. The van der Waals surface area contributed by atoms with E-state index in [4.69, 9.17) is 4.74 Å². The standard InChI is InChI=1S/C16H23N5O3/c1-19(2)7-3-6-18-14-4-5-15(21(22)23)16(13(14)12-17)20-8-10-24-11-9-20/h4-5,18H,3,6-11H2,1-2H3. The number of nitriles is 1. The van der Waals surface area contributed by atoms with Gasteiger partial charge in [-0.2, -0.15) is 5.26 Å². The van der Waals surface area contributed by atoms with E-state index in [0.717, 1.165) is 13.0 Å².